The third-order valence-electron chi connectivity index (χ3n) is 17.2. The Morgan fingerprint density at radius 1 is 0.602 bits per heavy atom. The molecule has 5 heterocycles. The number of rotatable bonds is 13. The Labute approximate surface area is 545 Å². The number of aliphatic hydroxyl groups is 5. The van der Waals surface area contributed by atoms with Crippen LogP contribution in [0.2, 0.25) is 0 Å². The van der Waals surface area contributed by atoms with Crippen molar-refractivity contribution < 1.29 is 101 Å². The van der Waals surface area contributed by atoms with Gasteiger partial charge in [-0.25, -0.2) is 4.79 Å². The van der Waals surface area contributed by atoms with E-state index in [9.17, 15) is 39.9 Å². The standard InChI is InChI=1S/C71H95NO21/c1-10-36-84-66(79)61-57(74)43-71(83-9)42-55-40-58(92-68(91-55)49-28-32-51(82-8)33-29-49)56(73)35-34-53-38-54(90-67(88-53)48-26-30-50(81-7)31-27-48)41-60(75)86-46(5)45(4)63(76)44(3)24-22-20-18-16-14-12-13-15-17-19-21-23-25-52(39-59(61)93-71)89-69-65(78)62(64(77)47(6)87-69)72-70(80)85-37-11-2/h10-33,44-47,52-59,61-65,67-69,73-74,76-78H,1-2,34-43H2,3-9H3,(H,72,80)/b13-12+,16-14+,17-15+,20-18+,21-19+,24-22+,25-23+/t44-,45-,46-,47+,52?,53?,54?,55?,56?,57-,58?,59-,61+,62?,63+,64+,65+,67?,68?,69?,71?/m0/s1. The molecule has 11 unspecified atom stereocenters. The van der Waals surface area contributed by atoms with Crippen LogP contribution < -0.4 is 14.8 Å². The number of cyclic esters (lactones) is 1. The lowest BCUT2D eigenvalue weighted by Crippen LogP contribution is -2.64. The van der Waals surface area contributed by atoms with Gasteiger partial charge >= 0.3 is 18.0 Å². The average Bonchev–Trinajstić information content (AvgIpc) is 0.782. The van der Waals surface area contributed by atoms with Crippen LogP contribution in [0.5, 0.6) is 11.5 Å². The van der Waals surface area contributed by atoms with Crippen molar-refractivity contribution in [2.45, 2.75) is 189 Å². The van der Waals surface area contributed by atoms with E-state index in [0.717, 1.165) is 0 Å². The molecule has 21 atom stereocenters. The number of aliphatic hydroxyl groups excluding tert-OH is 5. The van der Waals surface area contributed by atoms with Crippen LogP contribution in [0.3, 0.4) is 0 Å². The number of carbonyl (C=O) groups is 3. The fourth-order valence-corrected chi connectivity index (χ4v) is 11.8. The number of carbonyl (C=O) groups excluding carboxylic acids is 3. The number of fused-ring (bicyclic) bond motifs is 6. The molecule has 1 amide bonds. The SMILES string of the molecule is C=CCOC(=O)NC1[C@@H](O)C(OC2/C=C/C=C/C=C/C=C/C=C/C=C/C=C/[C@H](C)[C@@H](O)[C@@H](C)[C@H](C)OC(=O)CC3CC(CCC(O)C4CC(CC5(OC)C[C@H](O)[C@@H](C(=O)OCC=C)[C@H](C2)O5)OC(c2ccc(OC)cc2)O4)OC(c2ccc(OC)cc2)O3)O[C@H](C)[C@H]1O. The molecule has 510 valence electrons. The van der Waals surface area contributed by atoms with Crippen LogP contribution in [-0.4, -0.2) is 176 Å². The first-order valence-electron chi connectivity index (χ1n) is 31.8. The van der Waals surface area contributed by atoms with Gasteiger partial charge in [0.15, 0.2) is 24.7 Å². The predicted octanol–water partition coefficient (Wildman–Crippen LogP) is 8.50. The molecule has 22 heteroatoms. The first-order valence-corrected chi connectivity index (χ1v) is 31.8. The largest absolute Gasteiger partial charge is 0.497 e. The van der Waals surface area contributed by atoms with E-state index in [-0.39, 0.29) is 64.1 Å². The predicted molar refractivity (Wildman–Crippen MR) is 343 cm³/mol. The number of methoxy groups -OCH3 is 3. The zero-order valence-electron chi connectivity index (χ0n) is 54.2. The molecular weight excluding hydrogens is 1200 g/mol. The highest BCUT2D eigenvalue weighted by atomic mass is 16.7. The highest BCUT2D eigenvalue weighted by Gasteiger charge is 2.54. The summed E-state index contributed by atoms with van der Waals surface area (Å²) in [6.07, 6.45) is 10.6. The van der Waals surface area contributed by atoms with Crippen LogP contribution >= 0.6 is 0 Å². The van der Waals surface area contributed by atoms with Gasteiger partial charge in [-0.1, -0.05) is 148 Å². The maximum atomic E-state index is 14.2. The lowest BCUT2D eigenvalue weighted by atomic mass is 9.82. The summed E-state index contributed by atoms with van der Waals surface area (Å²) >= 11 is 0. The molecule has 22 nitrogen and oxygen atoms in total. The van der Waals surface area contributed by atoms with Crippen LogP contribution in [0.25, 0.3) is 0 Å². The van der Waals surface area contributed by atoms with Gasteiger partial charge in [0.2, 0.25) is 0 Å². The van der Waals surface area contributed by atoms with E-state index in [0.29, 0.717) is 29.0 Å². The minimum atomic E-state index is -1.68. The summed E-state index contributed by atoms with van der Waals surface area (Å²) < 4.78 is 79.8. The van der Waals surface area contributed by atoms with Crippen molar-refractivity contribution in [1.29, 1.82) is 0 Å². The van der Waals surface area contributed by atoms with Crippen molar-refractivity contribution in [2.75, 3.05) is 34.5 Å². The van der Waals surface area contributed by atoms with Gasteiger partial charge in [0.05, 0.1) is 87.7 Å². The van der Waals surface area contributed by atoms with Crippen LogP contribution in [-0.2, 0) is 61.7 Å². The fraction of sp³-hybridized carbons (Fsp3) is 0.535. The van der Waals surface area contributed by atoms with E-state index in [1.54, 1.807) is 94.8 Å². The number of alkyl carbamates (subject to hydrolysis) is 1. The summed E-state index contributed by atoms with van der Waals surface area (Å²) in [5, 5.41) is 61.4. The summed E-state index contributed by atoms with van der Waals surface area (Å²) in [6.45, 7) is 14.0. The molecule has 93 heavy (non-hydrogen) atoms. The van der Waals surface area contributed by atoms with E-state index in [4.69, 9.17) is 61.6 Å². The maximum Gasteiger partial charge on any atom is 0.407 e. The molecule has 0 radical (unpaired) electrons. The number of hydrogen-bond donors (Lipinski definition) is 6. The van der Waals surface area contributed by atoms with E-state index in [1.165, 1.54) is 19.3 Å². The summed E-state index contributed by atoms with van der Waals surface area (Å²) in [7, 11) is 4.53. The molecule has 6 bridgehead atoms. The molecule has 0 saturated carbocycles. The number of ether oxygens (including phenoxy) is 13. The number of amides is 1. The minimum Gasteiger partial charge on any atom is -0.497 e. The van der Waals surface area contributed by atoms with Gasteiger partial charge in [-0.2, -0.15) is 0 Å². The molecule has 0 aliphatic carbocycles. The first kappa shape index (κ1) is 73.8. The minimum absolute atomic E-state index is 0.0614. The number of esters is 2. The lowest BCUT2D eigenvalue weighted by Gasteiger charge is -2.48. The summed E-state index contributed by atoms with van der Waals surface area (Å²) in [5.41, 5.74) is 1.29. The smallest absolute Gasteiger partial charge is 0.407 e. The Kier molecular flexibility index (Phi) is 29.3. The Bertz CT molecular complexity index is 2890. The molecule has 2 aromatic rings. The van der Waals surface area contributed by atoms with Gasteiger partial charge in [0, 0.05) is 62.2 Å². The van der Waals surface area contributed by atoms with E-state index in [2.05, 4.69) is 18.5 Å². The van der Waals surface area contributed by atoms with Crippen molar-refractivity contribution in [3.8, 4) is 11.5 Å². The molecule has 0 aromatic heterocycles. The quantitative estimate of drug-likeness (QED) is 0.0622. The third kappa shape index (κ3) is 21.7. The highest BCUT2D eigenvalue weighted by Crippen LogP contribution is 2.44. The van der Waals surface area contributed by atoms with Crippen molar-refractivity contribution in [2.24, 2.45) is 17.8 Å². The molecule has 0 spiro atoms. The monoisotopic (exact) mass is 1300 g/mol. The molecule has 7 rings (SSSR count). The van der Waals surface area contributed by atoms with Crippen LogP contribution in [0.15, 0.2) is 159 Å². The zero-order valence-corrected chi connectivity index (χ0v) is 54.2. The highest BCUT2D eigenvalue weighted by molar-refractivity contribution is 5.74. The zero-order chi connectivity index (χ0) is 67.0. The van der Waals surface area contributed by atoms with Crippen molar-refractivity contribution in [3.05, 3.63) is 170 Å². The number of nitrogens with one attached hydrogen (secondary N) is 1. The van der Waals surface area contributed by atoms with Gasteiger partial charge in [-0.05, 0) is 51.0 Å². The molecule has 2 aromatic carbocycles. The van der Waals surface area contributed by atoms with Crippen LogP contribution in [0.1, 0.15) is 103 Å². The average molecular weight is 1300 g/mol. The Hall–Kier alpha value is -6.61. The molecular formula is C71H95NO21. The van der Waals surface area contributed by atoms with Crippen LogP contribution in [0.4, 0.5) is 4.79 Å². The van der Waals surface area contributed by atoms with Crippen molar-refractivity contribution >= 4 is 18.0 Å². The van der Waals surface area contributed by atoms with E-state index < -0.39 is 140 Å². The Balaban J connectivity index is 1.23. The van der Waals surface area contributed by atoms with Crippen LogP contribution in [0, 0.1) is 17.8 Å². The van der Waals surface area contributed by atoms with Gasteiger partial charge in [-0.15, -0.1) is 0 Å². The lowest BCUT2D eigenvalue weighted by molar-refractivity contribution is -0.333. The summed E-state index contributed by atoms with van der Waals surface area (Å²) in [6, 6.07) is 13.0. The Morgan fingerprint density at radius 3 is 1.75 bits per heavy atom. The molecule has 5 aliphatic rings. The number of hydrogen-bond acceptors (Lipinski definition) is 21. The first-order chi connectivity index (χ1) is 44.8. The van der Waals surface area contributed by atoms with E-state index in [1.807, 2.05) is 80.7 Å². The molecule has 5 aliphatic heterocycles. The fourth-order valence-electron chi connectivity index (χ4n) is 11.8. The number of benzene rings is 2. The molecule has 6 N–H and O–H groups in total. The second-order valence-corrected chi connectivity index (χ2v) is 23.9. The maximum absolute atomic E-state index is 14.2. The third-order valence-corrected chi connectivity index (χ3v) is 17.2. The Morgan fingerprint density at radius 2 is 1.16 bits per heavy atom. The van der Waals surface area contributed by atoms with Gasteiger partial charge < -0.3 is 92.4 Å². The summed E-state index contributed by atoms with van der Waals surface area (Å²) in [5.74, 6) is -3.79. The molecule has 4 saturated heterocycles. The van der Waals surface area contributed by atoms with Gasteiger partial charge in [0.1, 0.15) is 48.9 Å². The normalized spacial score (nSPS) is 37.7. The second kappa shape index (κ2) is 36.9. The van der Waals surface area contributed by atoms with Gasteiger partial charge in [-0.3, -0.25) is 9.59 Å². The van der Waals surface area contributed by atoms with Crippen molar-refractivity contribution in [3.63, 3.8) is 0 Å². The molecule has 4 fully saturated rings. The number of allylic oxidation sites excluding steroid dienone is 12. The summed E-state index contributed by atoms with van der Waals surface area (Å²) in [4.78, 5) is 40.7. The second-order valence-electron chi connectivity index (χ2n) is 23.9. The van der Waals surface area contributed by atoms with E-state index >= 15 is 0 Å². The van der Waals surface area contributed by atoms with Crippen molar-refractivity contribution in [1.82, 2.24) is 5.32 Å². The van der Waals surface area contributed by atoms with Gasteiger partial charge in [0.25, 0.3) is 0 Å². The topological polar surface area (TPSA) is 284 Å².